The second kappa shape index (κ2) is 9.74. The Morgan fingerprint density at radius 3 is 2.78 bits per heavy atom. The van der Waals surface area contributed by atoms with Crippen LogP contribution < -0.4 is 20.3 Å². The molecule has 1 aliphatic rings. The molecule has 166 valence electrons. The van der Waals surface area contributed by atoms with Crippen LogP contribution in [0.5, 0.6) is 5.75 Å². The number of nitrogens with zero attached hydrogens (tertiary/aromatic N) is 2. The predicted octanol–water partition coefficient (Wildman–Crippen LogP) is 4.49. The normalized spacial score (nSPS) is 13.3. The van der Waals surface area contributed by atoms with Crippen molar-refractivity contribution in [2.45, 2.75) is 19.3 Å². The fraction of sp³-hybridized carbons (Fsp3) is 0.261. The zero-order chi connectivity index (χ0) is 22.5. The number of anilines is 2. The van der Waals surface area contributed by atoms with Crippen LogP contribution in [0.3, 0.4) is 0 Å². The van der Waals surface area contributed by atoms with Crippen LogP contribution >= 0.6 is 11.6 Å². The molecule has 1 saturated heterocycles. The SMILES string of the molecule is COc1ccc(-c2nc(CCNC(=O)Nc3cc(N4CCCC4=O)ccc3Cl)co2)cc1. The van der Waals surface area contributed by atoms with E-state index >= 15 is 0 Å². The highest BCUT2D eigenvalue weighted by Crippen LogP contribution is 2.30. The molecule has 8 nitrogen and oxygen atoms in total. The maximum Gasteiger partial charge on any atom is 0.319 e. The van der Waals surface area contributed by atoms with Gasteiger partial charge in [0.05, 0.1) is 23.5 Å². The Hall–Kier alpha value is -3.52. The van der Waals surface area contributed by atoms with Gasteiger partial charge in [0.2, 0.25) is 11.8 Å². The van der Waals surface area contributed by atoms with E-state index in [4.69, 9.17) is 20.8 Å². The van der Waals surface area contributed by atoms with Gasteiger partial charge in [0.15, 0.2) is 0 Å². The molecule has 1 fully saturated rings. The highest BCUT2D eigenvalue weighted by atomic mass is 35.5. The molecule has 1 aromatic heterocycles. The summed E-state index contributed by atoms with van der Waals surface area (Å²) in [5, 5.41) is 5.92. The summed E-state index contributed by atoms with van der Waals surface area (Å²) in [6.07, 6.45) is 3.44. The molecule has 4 rings (SSSR count). The number of benzene rings is 2. The van der Waals surface area contributed by atoms with Gasteiger partial charge in [-0.15, -0.1) is 0 Å². The van der Waals surface area contributed by atoms with Crippen molar-refractivity contribution in [1.29, 1.82) is 0 Å². The molecule has 2 aromatic carbocycles. The molecule has 1 aliphatic heterocycles. The zero-order valence-electron chi connectivity index (χ0n) is 17.6. The van der Waals surface area contributed by atoms with Crippen molar-refractivity contribution in [3.63, 3.8) is 0 Å². The molecular formula is C23H23ClN4O4. The van der Waals surface area contributed by atoms with Gasteiger partial charge in [0, 0.05) is 37.2 Å². The fourth-order valence-electron chi connectivity index (χ4n) is 3.46. The molecule has 0 aliphatic carbocycles. The minimum Gasteiger partial charge on any atom is -0.497 e. The minimum absolute atomic E-state index is 0.0735. The molecule has 0 atom stereocenters. The van der Waals surface area contributed by atoms with Gasteiger partial charge in [-0.2, -0.15) is 0 Å². The maximum atomic E-state index is 12.3. The topological polar surface area (TPSA) is 96.7 Å². The summed E-state index contributed by atoms with van der Waals surface area (Å²) in [4.78, 5) is 30.4. The van der Waals surface area contributed by atoms with Crippen molar-refractivity contribution in [3.8, 4) is 17.2 Å². The number of amides is 3. The molecule has 3 amide bonds. The number of rotatable bonds is 7. The van der Waals surface area contributed by atoms with E-state index in [1.165, 1.54) is 0 Å². The van der Waals surface area contributed by atoms with Crippen LogP contribution in [-0.4, -0.2) is 37.1 Å². The van der Waals surface area contributed by atoms with Gasteiger partial charge in [0.25, 0.3) is 0 Å². The van der Waals surface area contributed by atoms with Crippen LogP contribution in [0.1, 0.15) is 18.5 Å². The molecule has 9 heteroatoms. The second-order valence-electron chi connectivity index (χ2n) is 7.32. The average Bonchev–Trinajstić information content (AvgIpc) is 3.44. The molecule has 2 N–H and O–H groups in total. The van der Waals surface area contributed by atoms with E-state index in [2.05, 4.69) is 15.6 Å². The summed E-state index contributed by atoms with van der Waals surface area (Å²) in [6.45, 7) is 1.03. The molecule has 3 aromatic rings. The Bertz CT molecular complexity index is 1110. The summed E-state index contributed by atoms with van der Waals surface area (Å²) >= 11 is 6.22. The summed E-state index contributed by atoms with van der Waals surface area (Å²) in [5.41, 5.74) is 2.74. The Balaban J connectivity index is 1.30. The van der Waals surface area contributed by atoms with Crippen LogP contribution in [0.25, 0.3) is 11.5 Å². The lowest BCUT2D eigenvalue weighted by atomic mass is 10.2. The van der Waals surface area contributed by atoms with Crippen LogP contribution in [0.2, 0.25) is 5.02 Å². The Kier molecular flexibility index (Phi) is 6.61. The number of ether oxygens (including phenoxy) is 1. The van der Waals surface area contributed by atoms with Gasteiger partial charge in [-0.05, 0) is 48.9 Å². The second-order valence-corrected chi connectivity index (χ2v) is 7.72. The van der Waals surface area contributed by atoms with E-state index in [0.717, 1.165) is 29.1 Å². The number of hydrogen-bond acceptors (Lipinski definition) is 5. The zero-order valence-corrected chi connectivity index (χ0v) is 18.3. The van der Waals surface area contributed by atoms with Gasteiger partial charge >= 0.3 is 6.03 Å². The maximum absolute atomic E-state index is 12.3. The highest BCUT2D eigenvalue weighted by molar-refractivity contribution is 6.33. The quantitative estimate of drug-likeness (QED) is 0.548. The van der Waals surface area contributed by atoms with E-state index in [-0.39, 0.29) is 5.91 Å². The number of nitrogens with one attached hydrogen (secondary N) is 2. The van der Waals surface area contributed by atoms with Crippen LogP contribution in [0, 0.1) is 0 Å². The Morgan fingerprint density at radius 2 is 2.06 bits per heavy atom. The van der Waals surface area contributed by atoms with Gasteiger partial charge in [-0.3, -0.25) is 4.79 Å². The number of hydrogen-bond donors (Lipinski definition) is 2. The monoisotopic (exact) mass is 454 g/mol. The lowest BCUT2D eigenvalue weighted by Crippen LogP contribution is -2.30. The molecule has 0 unspecified atom stereocenters. The van der Waals surface area contributed by atoms with E-state index in [1.807, 2.05) is 24.3 Å². The number of carbonyl (C=O) groups is 2. The smallest absolute Gasteiger partial charge is 0.319 e. The molecular weight excluding hydrogens is 432 g/mol. The summed E-state index contributed by atoms with van der Waals surface area (Å²) in [7, 11) is 1.61. The van der Waals surface area contributed by atoms with Gasteiger partial charge in [-0.1, -0.05) is 11.6 Å². The lowest BCUT2D eigenvalue weighted by molar-refractivity contribution is -0.117. The van der Waals surface area contributed by atoms with Gasteiger partial charge < -0.3 is 24.7 Å². The molecule has 0 saturated carbocycles. The first kappa shape index (κ1) is 21.7. The number of aromatic nitrogens is 1. The molecule has 0 bridgehead atoms. The first-order valence-electron chi connectivity index (χ1n) is 10.3. The van der Waals surface area contributed by atoms with E-state index in [9.17, 15) is 9.59 Å². The largest absolute Gasteiger partial charge is 0.497 e. The number of oxazole rings is 1. The number of halogens is 1. The number of methoxy groups -OCH3 is 1. The minimum atomic E-state index is -0.393. The Labute approximate surface area is 190 Å². The Morgan fingerprint density at radius 1 is 1.25 bits per heavy atom. The van der Waals surface area contributed by atoms with Crippen LogP contribution in [-0.2, 0) is 11.2 Å². The van der Waals surface area contributed by atoms with Gasteiger partial charge in [-0.25, -0.2) is 9.78 Å². The third kappa shape index (κ3) is 5.03. The average molecular weight is 455 g/mol. The van der Waals surface area contributed by atoms with Crippen molar-refractivity contribution in [2.24, 2.45) is 0 Å². The third-order valence-corrected chi connectivity index (χ3v) is 5.47. The van der Waals surface area contributed by atoms with Gasteiger partial charge in [0.1, 0.15) is 12.0 Å². The van der Waals surface area contributed by atoms with E-state index in [0.29, 0.717) is 42.5 Å². The first-order valence-corrected chi connectivity index (χ1v) is 10.6. The summed E-state index contributed by atoms with van der Waals surface area (Å²) < 4.78 is 10.7. The van der Waals surface area contributed by atoms with E-state index < -0.39 is 6.03 Å². The highest BCUT2D eigenvalue weighted by Gasteiger charge is 2.22. The lowest BCUT2D eigenvalue weighted by Gasteiger charge is -2.17. The third-order valence-electron chi connectivity index (χ3n) is 5.14. The number of urea groups is 1. The summed E-state index contributed by atoms with van der Waals surface area (Å²) in [5.74, 6) is 1.34. The first-order chi connectivity index (χ1) is 15.5. The predicted molar refractivity (Wildman–Crippen MR) is 122 cm³/mol. The van der Waals surface area contributed by atoms with Crippen LogP contribution in [0.4, 0.5) is 16.2 Å². The molecule has 0 radical (unpaired) electrons. The van der Waals surface area contributed by atoms with Crippen molar-refractivity contribution < 1.29 is 18.7 Å². The van der Waals surface area contributed by atoms with Crippen molar-refractivity contribution in [1.82, 2.24) is 10.3 Å². The molecule has 32 heavy (non-hydrogen) atoms. The van der Waals surface area contributed by atoms with Crippen LogP contribution in [0.15, 0.2) is 53.1 Å². The molecule has 0 spiro atoms. The molecule has 2 heterocycles. The van der Waals surface area contributed by atoms with E-state index in [1.54, 1.807) is 36.5 Å². The summed E-state index contributed by atoms with van der Waals surface area (Å²) in [6, 6.07) is 12.2. The van der Waals surface area contributed by atoms with Crippen molar-refractivity contribution in [2.75, 3.05) is 30.4 Å². The fourth-order valence-corrected chi connectivity index (χ4v) is 3.62. The van der Waals surface area contributed by atoms with Crippen molar-refractivity contribution in [3.05, 3.63) is 59.4 Å². The standard InChI is InChI=1S/C23H23ClN4O4/c1-31-18-7-4-15(5-8-18)22-26-16(14-32-22)10-11-25-23(30)27-20-13-17(6-9-19(20)24)28-12-2-3-21(28)29/h4-9,13-14H,2-3,10-12H2,1H3,(H2,25,27,30). The number of carbonyl (C=O) groups excluding carboxylic acids is 2. The van der Waals surface area contributed by atoms with Crippen molar-refractivity contribution >= 4 is 34.9 Å².